The van der Waals surface area contributed by atoms with Crippen LogP contribution in [0.4, 0.5) is 0 Å². The van der Waals surface area contributed by atoms with E-state index in [1.165, 1.54) is 10.6 Å². The van der Waals surface area contributed by atoms with Gasteiger partial charge in [0.05, 0.1) is 24.4 Å². The molecule has 0 aliphatic heterocycles. The van der Waals surface area contributed by atoms with Crippen molar-refractivity contribution in [2.45, 2.75) is 19.8 Å². The van der Waals surface area contributed by atoms with Gasteiger partial charge in [-0.25, -0.2) is 4.98 Å². The minimum atomic E-state index is 0.679. The Hall–Kier alpha value is -0.490. The first-order valence-electron chi connectivity index (χ1n) is 6.01. The quantitative estimate of drug-likeness (QED) is 0.648. The first-order valence-corrected chi connectivity index (χ1v) is 6.89. The maximum absolute atomic E-state index is 5.37. The maximum atomic E-state index is 5.37. The zero-order valence-electron chi connectivity index (χ0n) is 10.7. The van der Waals surface area contributed by atoms with Gasteiger partial charge < -0.3 is 14.8 Å². The summed E-state index contributed by atoms with van der Waals surface area (Å²) in [4.78, 5) is 5.62. The van der Waals surface area contributed by atoms with Gasteiger partial charge in [0.15, 0.2) is 0 Å². The summed E-state index contributed by atoms with van der Waals surface area (Å²) in [7, 11) is 1.69. The molecule has 1 aromatic heterocycles. The van der Waals surface area contributed by atoms with Crippen molar-refractivity contribution in [1.29, 1.82) is 0 Å². The minimum absolute atomic E-state index is 0.679. The summed E-state index contributed by atoms with van der Waals surface area (Å²) in [6, 6.07) is 0. The predicted octanol–water partition coefficient (Wildman–Crippen LogP) is 1.64. The molecule has 0 radical (unpaired) electrons. The summed E-state index contributed by atoms with van der Waals surface area (Å²) in [6.45, 7) is 6.26. The number of rotatable bonds is 10. The van der Waals surface area contributed by atoms with Gasteiger partial charge in [-0.3, -0.25) is 0 Å². The number of methoxy groups -OCH3 is 1. The highest BCUT2D eigenvalue weighted by molar-refractivity contribution is 7.09. The first kappa shape index (κ1) is 14.6. The van der Waals surface area contributed by atoms with Gasteiger partial charge in [-0.2, -0.15) is 0 Å². The van der Waals surface area contributed by atoms with Crippen LogP contribution >= 0.6 is 11.3 Å². The average molecular weight is 258 g/mol. The van der Waals surface area contributed by atoms with Crippen molar-refractivity contribution in [3.8, 4) is 0 Å². The second-order valence-corrected chi connectivity index (χ2v) is 4.76. The third-order valence-corrected chi connectivity index (χ3v) is 3.44. The molecule has 1 heterocycles. The van der Waals surface area contributed by atoms with Crippen LogP contribution in [0, 0.1) is 6.92 Å². The van der Waals surface area contributed by atoms with E-state index in [0.29, 0.717) is 13.2 Å². The number of hydrogen-bond donors (Lipinski definition) is 1. The van der Waals surface area contributed by atoms with Crippen molar-refractivity contribution in [3.63, 3.8) is 0 Å². The lowest BCUT2D eigenvalue weighted by molar-refractivity contribution is 0.0695. The fourth-order valence-corrected chi connectivity index (χ4v) is 2.22. The molecule has 1 N–H and O–H groups in total. The number of aromatic nitrogens is 1. The molecule has 0 saturated heterocycles. The Kier molecular flexibility index (Phi) is 8.17. The molecule has 0 atom stereocenters. The summed E-state index contributed by atoms with van der Waals surface area (Å²) in [5.41, 5.74) is 3.08. The van der Waals surface area contributed by atoms with E-state index in [0.717, 1.165) is 32.5 Å². The number of thiazole rings is 1. The molecule has 0 aliphatic carbocycles. The van der Waals surface area contributed by atoms with E-state index in [1.807, 2.05) is 5.51 Å². The van der Waals surface area contributed by atoms with Crippen LogP contribution in [0.5, 0.6) is 0 Å². The van der Waals surface area contributed by atoms with Crippen LogP contribution in [0.3, 0.4) is 0 Å². The van der Waals surface area contributed by atoms with E-state index in [-0.39, 0.29) is 0 Å². The third-order valence-electron chi connectivity index (χ3n) is 2.45. The molecule has 0 amide bonds. The molecule has 0 bridgehead atoms. The molecule has 1 rings (SSSR count). The average Bonchev–Trinajstić information content (AvgIpc) is 2.73. The van der Waals surface area contributed by atoms with Gasteiger partial charge in [0.2, 0.25) is 0 Å². The lowest BCUT2D eigenvalue weighted by atomic mass is 10.3. The summed E-state index contributed by atoms with van der Waals surface area (Å²) in [5, 5.41) is 3.41. The summed E-state index contributed by atoms with van der Waals surface area (Å²) in [6.07, 6.45) is 2.12. The van der Waals surface area contributed by atoms with Crippen LogP contribution in [0.1, 0.15) is 17.0 Å². The van der Waals surface area contributed by atoms with E-state index >= 15 is 0 Å². The molecule has 0 saturated carbocycles. The Balaban J connectivity index is 1.86. The minimum Gasteiger partial charge on any atom is -0.382 e. The summed E-state index contributed by atoms with van der Waals surface area (Å²) < 4.78 is 10.3. The van der Waals surface area contributed by atoms with Crippen molar-refractivity contribution in [2.24, 2.45) is 0 Å². The lowest BCUT2D eigenvalue weighted by Crippen LogP contribution is -2.20. The summed E-state index contributed by atoms with van der Waals surface area (Å²) >= 11 is 1.74. The highest BCUT2D eigenvalue weighted by Gasteiger charge is 1.99. The van der Waals surface area contributed by atoms with Crippen LogP contribution in [0.15, 0.2) is 5.51 Å². The Bertz CT molecular complexity index is 292. The largest absolute Gasteiger partial charge is 0.382 e. The Labute approximate surface area is 107 Å². The molecule has 98 valence electrons. The fourth-order valence-electron chi connectivity index (χ4n) is 1.44. The van der Waals surface area contributed by atoms with Crippen molar-refractivity contribution >= 4 is 11.3 Å². The molecule has 0 aromatic carbocycles. The summed E-state index contributed by atoms with van der Waals surface area (Å²) in [5.74, 6) is 0. The molecule has 0 aliphatic rings. The molecule has 17 heavy (non-hydrogen) atoms. The topological polar surface area (TPSA) is 43.4 Å². The van der Waals surface area contributed by atoms with Gasteiger partial charge in [0.1, 0.15) is 0 Å². The molecule has 1 aromatic rings. The van der Waals surface area contributed by atoms with E-state index < -0.39 is 0 Å². The van der Waals surface area contributed by atoms with E-state index in [2.05, 4.69) is 17.2 Å². The molecular weight excluding hydrogens is 236 g/mol. The zero-order chi connectivity index (χ0) is 12.3. The van der Waals surface area contributed by atoms with Crippen molar-refractivity contribution in [1.82, 2.24) is 10.3 Å². The van der Waals surface area contributed by atoms with Gasteiger partial charge >= 0.3 is 0 Å². The second kappa shape index (κ2) is 9.53. The van der Waals surface area contributed by atoms with Gasteiger partial charge in [0.25, 0.3) is 0 Å². The number of nitrogens with zero attached hydrogens (tertiary/aromatic N) is 1. The molecule has 0 spiro atoms. The highest BCUT2D eigenvalue weighted by Crippen LogP contribution is 2.11. The zero-order valence-corrected chi connectivity index (χ0v) is 11.5. The predicted molar refractivity (Wildman–Crippen MR) is 70.7 cm³/mol. The van der Waals surface area contributed by atoms with Crippen molar-refractivity contribution in [3.05, 3.63) is 16.1 Å². The van der Waals surface area contributed by atoms with Crippen molar-refractivity contribution < 1.29 is 9.47 Å². The first-order chi connectivity index (χ1) is 8.34. The SMILES string of the molecule is COCCOCCCNCCc1scnc1C. The standard InChI is InChI=1S/C12H22N2O2S/c1-11-12(17-10-14-11)4-6-13-5-3-7-16-9-8-15-2/h10,13H,3-9H2,1-2H3. The van der Waals surface area contributed by atoms with Crippen molar-refractivity contribution in [2.75, 3.05) is 40.0 Å². The molecule has 5 heteroatoms. The van der Waals surface area contributed by atoms with Gasteiger partial charge in [0, 0.05) is 25.1 Å². The smallest absolute Gasteiger partial charge is 0.0797 e. The number of ether oxygens (including phenoxy) is 2. The van der Waals surface area contributed by atoms with Crippen LogP contribution in [0.2, 0.25) is 0 Å². The molecule has 0 unspecified atom stereocenters. The second-order valence-electron chi connectivity index (χ2n) is 3.82. The van der Waals surface area contributed by atoms with E-state index in [9.17, 15) is 0 Å². The lowest BCUT2D eigenvalue weighted by Gasteiger charge is -2.05. The van der Waals surface area contributed by atoms with E-state index in [4.69, 9.17) is 9.47 Å². The number of nitrogens with one attached hydrogen (secondary N) is 1. The van der Waals surface area contributed by atoms with Gasteiger partial charge in [-0.1, -0.05) is 0 Å². The van der Waals surface area contributed by atoms with Crippen LogP contribution in [0.25, 0.3) is 0 Å². The Morgan fingerprint density at radius 2 is 2.18 bits per heavy atom. The third kappa shape index (κ3) is 6.73. The Morgan fingerprint density at radius 3 is 2.88 bits per heavy atom. The number of hydrogen-bond acceptors (Lipinski definition) is 5. The van der Waals surface area contributed by atoms with Crippen LogP contribution < -0.4 is 5.32 Å². The molecule has 4 nitrogen and oxygen atoms in total. The van der Waals surface area contributed by atoms with Gasteiger partial charge in [-0.15, -0.1) is 11.3 Å². The number of aryl methyl sites for hydroxylation is 1. The Morgan fingerprint density at radius 1 is 1.29 bits per heavy atom. The van der Waals surface area contributed by atoms with Crippen LogP contribution in [-0.4, -0.2) is 45.0 Å². The van der Waals surface area contributed by atoms with E-state index in [1.54, 1.807) is 18.4 Å². The molecular formula is C12H22N2O2S. The monoisotopic (exact) mass is 258 g/mol. The maximum Gasteiger partial charge on any atom is 0.0797 e. The molecule has 0 fully saturated rings. The highest BCUT2D eigenvalue weighted by atomic mass is 32.1. The normalized spacial score (nSPS) is 10.9. The fraction of sp³-hybridized carbons (Fsp3) is 0.750. The van der Waals surface area contributed by atoms with Gasteiger partial charge in [-0.05, 0) is 26.3 Å². The van der Waals surface area contributed by atoms with Crippen LogP contribution in [-0.2, 0) is 15.9 Å².